The predicted molar refractivity (Wildman–Crippen MR) is 106 cm³/mol. The summed E-state index contributed by atoms with van der Waals surface area (Å²) < 4.78 is 29.8. The van der Waals surface area contributed by atoms with Crippen molar-refractivity contribution in [2.45, 2.75) is 50.5 Å². The van der Waals surface area contributed by atoms with Gasteiger partial charge in [-0.15, -0.1) is 0 Å². The van der Waals surface area contributed by atoms with E-state index in [1.165, 1.54) is 24.0 Å². The SMILES string of the molecule is CC(C)S(=O)(=O)Cc1ccc(CCc2ccc(OCC3CC3)cc2)cc1. The van der Waals surface area contributed by atoms with Gasteiger partial charge in [0.05, 0.1) is 17.6 Å². The van der Waals surface area contributed by atoms with Gasteiger partial charge in [-0.25, -0.2) is 8.42 Å². The van der Waals surface area contributed by atoms with Crippen LogP contribution in [0.2, 0.25) is 0 Å². The van der Waals surface area contributed by atoms with Crippen LogP contribution in [-0.4, -0.2) is 20.3 Å². The van der Waals surface area contributed by atoms with Crippen molar-refractivity contribution < 1.29 is 13.2 Å². The van der Waals surface area contributed by atoms with Crippen LogP contribution in [-0.2, 0) is 28.4 Å². The smallest absolute Gasteiger partial charge is 0.156 e. The average Bonchev–Trinajstić information content (AvgIpc) is 3.44. The average molecular weight is 373 g/mol. The molecule has 0 radical (unpaired) electrons. The first-order valence-electron chi connectivity index (χ1n) is 9.43. The van der Waals surface area contributed by atoms with E-state index in [1.54, 1.807) is 13.8 Å². The minimum Gasteiger partial charge on any atom is -0.493 e. The molecule has 0 spiro atoms. The van der Waals surface area contributed by atoms with E-state index >= 15 is 0 Å². The van der Waals surface area contributed by atoms with Crippen LogP contribution in [0.15, 0.2) is 48.5 Å². The van der Waals surface area contributed by atoms with Crippen LogP contribution in [0.25, 0.3) is 0 Å². The second-order valence-corrected chi connectivity index (χ2v) is 10.1. The molecule has 3 rings (SSSR count). The molecule has 26 heavy (non-hydrogen) atoms. The molecule has 140 valence electrons. The fraction of sp³-hybridized carbons (Fsp3) is 0.455. The van der Waals surface area contributed by atoms with Crippen LogP contribution in [0.3, 0.4) is 0 Å². The summed E-state index contributed by atoms with van der Waals surface area (Å²) in [6.07, 6.45) is 4.52. The zero-order valence-electron chi connectivity index (χ0n) is 15.6. The number of hydrogen-bond acceptors (Lipinski definition) is 3. The number of aryl methyl sites for hydroxylation is 2. The summed E-state index contributed by atoms with van der Waals surface area (Å²) in [6, 6.07) is 16.3. The van der Waals surface area contributed by atoms with Crippen molar-refractivity contribution in [2.24, 2.45) is 5.92 Å². The zero-order valence-corrected chi connectivity index (χ0v) is 16.5. The second kappa shape index (κ2) is 8.26. The second-order valence-electron chi connectivity index (χ2n) is 7.57. The first-order chi connectivity index (χ1) is 12.4. The van der Waals surface area contributed by atoms with Crippen molar-refractivity contribution in [3.8, 4) is 5.75 Å². The number of ether oxygens (including phenoxy) is 1. The molecule has 0 heterocycles. The van der Waals surface area contributed by atoms with Crippen molar-refractivity contribution in [2.75, 3.05) is 6.61 Å². The largest absolute Gasteiger partial charge is 0.493 e. The lowest BCUT2D eigenvalue weighted by Crippen LogP contribution is -2.15. The molecule has 2 aromatic carbocycles. The van der Waals surface area contributed by atoms with Crippen molar-refractivity contribution in [1.29, 1.82) is 0 Å². The minimum atomic E-state index is -3.04. The third-order valence-corrected chi connectivity index (χ3v) is 7.09. The molecule has 0 N–H and O–H groups in total. The summed E-state index contributed by atoms with van der Waals surface area (Å²) in [5, 5.41) is -0.335. The number of rotatable bonds is 9. The topological polar surface area (TPSA) is 43.4 Å². The Labute approximate surface area is 157 Å². The standard InChI is InChI=1S/C22H28O3S/c1-17(2)26(23,24)16-21-9-5-18(6-10-21)3-4-19-11-13-22(14-12-19)25-15-20-7-8-20/h5-6,9-14,17,20H,3-4,7-8,15-16H2,1-2H3. The normalized spacial score (nSPS) is 14.6. The van der Waals surface area contributed by atoms with Crippen molar-refractivity contribution in [1.82, 2.24) is 0 Å². The lowest BCUT2D eigenvalue weighted by molar-refractivity contribution is 0.299. The Morgan fingerprint density at radius 1 is 0.885 bits per heavy atom. The third kappa shape index (κ3) is 5.60. The maximum atomic E-state index is 12.0. The summed E-state index contributed by atoms with van der Waals surface area (Å²) in [5.41, 5.74) is 3.37. The highest BCUT2D eigenvalue weighted by atomic mass is 32.2. The van der Waals surface area contributed by atoms with Crippen LogP contribution in [0, 0.1) is 5.92 Å². The molecule has 1 aliphatic carbocycles. The molecule has 0 aliphatic heterocycles. The van der Waals surface area contributed by atoms with E-state index in [0.29, 0.717) is 0 Å². The van der Waals surface area contributed by atoms with Crippen LogP contribution in [0.5, 0.6) is 5.75 Å². The van der Waals surface area contributed by atoms with E-state index in [-0.39, 0.29) is 11.0 Å². The molecule has 0 saturated heterocycles. The summed E-state index contributed by atoms with van der Waals surface area (Å²) in [4.78, 5) is 0. The van der Waals surface area contributed by atoms with Crippen molar-refractivity contribution in [3.63, 3.8) is 0 Å². The maximum absolute atomic E-state index is 12.0. The predicted octanol–water partition coefficient (Wildman–Crippen LogP) is 4.58. The molecule has 1 aliphatic rings. The first-order valence-corrected chi connectivity index (χ1v) is 11.1. The van der Waals surface area contributed by atoms with E-state index in [9.17, 15) is 8.42 Å². The monoisotopic (exact) mass is 372 g/mol. The van der Waals surface area contributed by atoms with Crippen LogP contribution in [0.1, 0.15) is 43.4 Å². The van der Waals surface area contributed by atoms with E-state index < -0.39 is 9.84 Å². The molecule has 2 aromatic rings. The minimum absolute atomic E-state index is 0.118. The first kappa shape index (κ1) is 19.0. The van der Waals surface area contributed by atoms with Gasteiger partial charge in [-0.05, 0) is 74.3 Å². The van der Waals surface area contributed by atoms with Gasteiger partial charge >= 0.3 is 0 Å². The van der Waals surface area contributed by atoms with Gasteiger partial charge < -0.3 is 4.74 Å². The Bertz CT molecular complexity index is 801. The van der Waals surface area contributed by atoms with E-state index in [2.05, 4.69) is 24.3 Å². The van der Waals surface area contributed by atoms with E-state index in [0.717, 1.165) is 36.7 Å². The quantitative estimate of drug-likeness (QED) is 0.647. The molecule has 0 amide bonds. The number of hydrogen-bond donors (Lipinski definition) is 0. The molecule has 1 fully saturated rings. The highest BCUT2D eigenvalue weighted by Gasteiger charge is 2.21. The molecule has 3 nitrogen and oxygen atoms in total. The highest BCUT2D eigenvalue weighted by molar-refractivity contribution is 7.91. The van der Waals surface area contributed by atoms with Gasteiger partial charge in [0.1, 0.15) is 5.75 Å². The fourth-order valence-corrected chi connectivity index (χ4v) is 3.73. The lowest BCUT2D eigenvalue weighted by Gasteiger charge is -2.09. The van der Waals surface area contributed by atoms with Gasteiger partial charge in [0, 0.05) is 0 Å². The van der Waals surface area contributed by atoms with Gasteiger partial charge in [-0.3, -0.25) is 0 Å². The number of sulfone groups is 1. The molecule has 0 aromatic heterocycles. The molecular formula is C22H28O3S. The van der Waals surface area contributed by atoms with Gasteiger partial charge in [-0.1, -0.05) is 36.4 Å². The Morgan fingerprint density at radius 3 is 1.88 bits per heavy atom. The Morgan fingerprint density at radius 2 is 1.38 bits per heavy atom. The van der Waals surface area contributed by atoms with Crippen LogP contribution in [0.4, 0.5) is 0 Å². The molecule has 4 heteroatoms. The molecule has 0 bridgehead atoms. The van der Waals surface area contributed by atoms with Gasteiger partial charge in [0.15, 0.2) is 9.84 Å². The molecule has 1 saturated carbocycles. The van der Waals surface area contributed by atoms with Crippen LogP contribution < -0.4 is 4.74 Å². The van der Waals surface area contributed by atoms with Crippen LogP contribution >= 0.6 is 0 Å². The van der Waals surface area contributed by atoms with Crippen molar-refractivity contribution >= 4 is 9.84 Å². The Hall–Kier alpha value is -1.81. The fourth-order valence-electron chi connectivity index (χ4n) is 2.74. The molecule has 0 atom stereocenters. The number of benzene rings is 2. The summed E-state index contributed by atoms with van der Waals surface area (Å²) in [6.45, 7) is 4.30. The Balaban J connectivity index is 1.49. The molecule has 0 unspecified atom stereocenters. The summed E-state index contributed by atoms with van der Waals surface area (Å²) in [7, 11) is -3.04. The Kier molecular flexibility index (Phi) is 6.02. The van der Waals surface area contributed by atoms with Crippen molar-refractivity contribution in [3.05, 3.63) is 65.2 Å². The summed E-state index contributed by atoms with van der Waals surface area (Å²) in [5.74, 6) is 1.84. The van der Waals surface area contributed by atoms with Gasteiger partial charge in [0.2, 0.25) is 0 Å². The van der Waals surface area contributed by atoms with E-state index in [4.69, 9.17) is 4.74 Å². The summed E-state index contributed by atoms with van der Waals surface area (Å²) >= 11 is 0. The lowest BCUT2D eigenvalue weighted by atomic mass is 10.0. The van der Waals surface area contributed by atoms with Gasteiger partial charge in [-0.2, -0.15) is 0 Å². The zero-order chi connectivity index (χ0) is 18.6. The van der Waals surface area contributed by atoms with E-state index in [1.807, 2.05) is 24.3 Å². The highest BCUT2D eigenvalue weighted by Crippen LogP contribution is 2.29. The molecular weight excluding hydrogens is 344 g/mol. The maximum Gasteiger partial charge on any atom is 0.156 e. The third-order valence-electron chi connectivity index (χ3n) is 4.92. The van der Waals surface area contributed by atoms with Gasteiger partial charge in [0.25, 0.3) is 0 Å².